The van der Waals surface area contributed by atoms with Gasteiger partial charge in [-0.2, -0.15) is 0 Å². The normalized spacial score (nSPS) is 18.4. The highest BCUT2D eigenvalue weighted by Crippen LogP contribution is 2.28. The molecule has 80 valence electrons. The Kier molecular flexibility index (Phi) is 2.71. The van der Waals surface area contributed by atoms with E-state index in [0.717, 1.165) is 23.6 Å². The highest BCUT2D eigenvalue weighted by atomic mass is 16.5. The Hall–Kier alpha value is -1.38. The fourth-order valence-corrected chi connectivity index (χ4v) is 1.81. The average Bonchev–Trinajstić information content (AvgIpc) is 2.60. The Bertz CT molecular complexity index is 387. The van der Waals surface area contributed by atoms with E-state index in [1.807, 2.05) is 26.0 Å². The first kappa shape index (κ1) is 10.1. The molecule has 0 saturated heterocycles. The number of nitrogens with zero attached hydrogens (tertiary/aromatic N) is 1. The summed E-state index contributed by atoms with van der Waals surface area (Å²) in [5.41, 5.74) is 1.89. The summed E-state index contributed by atoms with van der Waals surface area (Å²) in [6, 6.07) is 3.81. The van der Waals surface area contributed by atoms with E-state index in [1.54, 1.807) is 0 Å². The van der Waals surface area contributed by atoms with Crippen molar-refractivity contribution >= 4 is 5.78 Å². The van der Waals surface area contributed by atoms with Crippen LogP contribution in [0.25, 0.3) is 0 Å². The zero-order chi connectivity index (χ0) is 10.8. The van der Waals surface area contributed by atoms with Crippen LogP contribution in [0.5, 0.6) is 5.75 Å². The van der Waals surface area contributed by atoms with Crippen molar-refractivity contribution in [2.45, 2.75) is 39.2 Å². The van der Waals surface area contributed by atoms with Gasteiger partial charge in [0.1, 0.15) is 5.75 Å². The molecule has 1 aliphatic heterocycles. The molecule has 2 rings (SSSR count). The highest BCUT2D eigenvalue weighted by Gasteiger charge is 2.29. The van der Waals surface area contributed by atoms with Gasteiger partial charge in [-0.25, -0.2) is 0 Å². The molecule has 2 heterocycles. The summed E-state index contributed by atoms with van der Waals surface area (Å²) in [5, 5.41) is 0. The lowest BCUT2D eigenvalue weighted by Crippen LogP contribution is -2.24. The van der Waals surface area contributed by atoms with Crippen LogP contribution in [0, 0.1) is 6.92 Å². The van der Waals surface area contributed by atoms with Crippen LogP contribution in [0.15, 0.2) is 12.1 Å². The highest BCUT2D eigenvalue weighted by molar-refractivity contribution is 5.84. The summed E-state index contributed by atoms with van der Waals surface area (Å²) in [6.45, 7) is 3.95. The Balaban J connectivity index is 2.12. The maximum atomic E-state index is 11.6. The van der Waals surface area contributed by atoms with Gasteiger partial charge >= 0.3 is 0 Å². The first-order chi connectivity index (χ1) is 7.20. The quantitative estimate of drug-likeness (QED) is 0.758. The molecule has 0 aliphatic carbocycles. The van der Waals surface area contributed by atoms with Crippen LogP contribution in [0.4, 0.5) is 0 Å². The number of carbonyl (C=O) groups excluding carboxylic acids is 1. The Morgan fingerprint density at radius 1 is 1.60 bits per heavy atom. The lowest BCUT2D eigenvalue weighted by molar-refractivity contribution is -0.125. The molecule has 0 N–H and O–H groups in total. The molecule has 0 fully saturated rings. The monoisotopic (exact) mass is 205 g/mol. The van der Waals surface area contributed by atoms with Gasteiger partial charge in [0, 0.05) is 18.5 Å². The van der Waals surface area contributed by atoms with Crippen LogP contribution < -0.4 is 4.74 Å². The van der Waals surface area contributed by atoms with Crippen molar-refractivity contribution in [3.8, 4) is 5.75 Å². The maximum Gasteiger partial charge on any atom is 0.173 e. The number of hydrogen-bond donors (Lipinski definition) is 0. The number of aryl methyl sites for hydroxylation is 1. The summed E-state index contributed by atoms with van der Waals surface area (Å²) in [5.74, 6) is 0.961. The number of carbonyl (C=O) groups is 1. The summed E-state index contributed by atoms with van der Waals surface area (Å²) in [6.07, 6.45) is 1.81. The second-order valence-electron chi connectivity index (χ2n) is 3.92. The van der Waals surface area contributed by atoms with E-state index in [2.05, 4.69) is 4.98 Å². The summed E-state index contributed by atoms with van der Waals surface area (Å²) < 4.78 is 5.56. The number of fused-ring (bicyclic) bond motifs is 1. The Morgan fingerprint density at radius 3 is 3.13 bits per heavy atom. The number of pyridine rings is 1. The third-order valence-electron chi connectivity index (χ3n) is 2.58. The van der Waals surface area contributed by atoms with Gasteiger partial charge in [-0.05, 0) is 25.5 Å². The van der Waals surface area contributed by atoms with Gasteiger partial charge in [-0.1, -0.05) is 6.92 Å². The fraction of sp³-hybridized carbons (Fsp3) is 0.500. The number of rotatable bonds is 3. The zero-order valence-electron chi connectivity index (χ0n) is 9.12. The number of ether oxygens (including phenoxy) is 1. The van der Waals surface area contributed by atoms with Crippen molar-refractivity contribution in [2.75, 3.05) is 0 Å². The standard InChI is InChI=1S/C12H15NO2/c1-3-4-10(14)12-7-9-11(15-12)6-5-8(2)13-9/h5-6,12H,3-4,7H2,1-2H3. The molecule has 0 aromatic carbocycles. The average molecular weight is 205 g/mol. The number of aromatic nitrogens is 1. The zero-order valence-corrected chi connectivity index (χ0v) is 9.12. The van der Waals surface area contributed by atoms with Gasteiger partial charge < -0.3 is 4.74 Å². The first-order valence-electron chi connectivity index (χ1n) is 5.36. The molecule has 1 atom stereocenters. The van der Waals surface area contributed by atoms with E-state index < -0.39 is 0 Å². The predicted molar refractivity (Wildman–Crippen MR) is 57.0 cm³/mol. The minimum absolute atomic E-state index is 0.188. The topological polar surface area (TPSA) is 39.2 Å². The van der Waals surface area contributed by atoms with Crippen LogP contribution >= 0.6 is 0 Å². The van der Waals surface area contributed by atoms with Gasteiger partial charge in [0.15, 0.2) is 11.9 Å². The molecule has 0 saturated carbocycles. The van der Waals surface area contributed by atoms with Crippen molar-refractivity contribution in [1.29, 1.82) is 0 Å². The largest absolute Gasteiger partial charge is 0.480 e. The number of hydrogen-bond acceptors (Lipinski definition) is 3. The molecule has 1 unspecified atom stereocenters. The molecular weight excluding hydrogens is 190 g/mol. The first-order valence-corrected chi connectivity index (χ1v) is 5.36. The van der Waals surface area contributed by atoms with E-state index in [9.17, 15) is 4.79 Å². The van der Waals surface area contributed by atoms with E-state index in [1.165, 1.54) is 0 Å². The van der Waals surface area contributed by atoms with Crippen molar-refractivity contribution < 1.29 is 9.53 Å². The van der Waals surface area contributed by atoms with E-state index in [-0.39, 0.29) is 11.9 Å². The van der Waals surface area contributed by atoms with Gasteiger partial charge in [0.2, 0.25) is 0 Å². The SMILES string of the molecule is CCCC(=O)C1Cc2nc(C)ccc2O1. The van der Waals surface area contributed by atoms with Crippen molar-refractivity contribution in [1.82, 2.24) is 4.98 Å². The van der Waals surface area contributed by atoms with Crippen LogP contribution in [-0.2, 0) is 11.2 Å². The van der Waals surface area contributed by atoms with E-state index >= 15 is 0 Å². The maximum absolute atomic E-state index is 11.6. The molecule has 0 spiro atoms. The van der Waals surface area contributed by atoms with Crippen LogP contribution in [-0.4, -0.2) is 16.9 Å². The molecular formula is C12H15NO2. The number of Topliss-reactive ketones (excluding diaryl/α,β-unsaturated/α-hetero) is 1. The minimum Gasteiger partial charge on any atom is -0.480 e. The molecule has 0 bridgehead atoms. The second kappa shape index (κ2) is 4.01. The lowest BCUT2D eigenvalue weighted by atomic mass is 10.1. The van der Waals surface area contributed by atoms with Crippen LogP contribution in [0.1, 0.15) is 31.2 Å². The smallest absolute Gasteiger partial charge is 0.173 e. The van der Waals surface area contributed by atoms with Crippen LogP contribution in [0.3, 0.4) is 0 Å². The molecule has 1 aromatic heterocycles. The summed E-state index contributed by atoms with van der Waals surface area (Å²) in [4.78, 5) is 16.0. The second-order valence-corrected chi connectivity index (χ2v) is 3.92. The summed E-state index contributed by atoms with van der Waals surface area (Å²) in [7, 11) is 0. The number of ketones is 1. The van der Waals surface area contributed by atoms with Gasteiger partial charge in [0.25, 0.3) is 0 Å². The van der Waals surface area contributed by atoms with Crippen molar-refractivity contribution in [3.05, 3.63) is 23.5 Å². The van der Waals surface area contributed by atoms with Gasteiger partial charge in [-0.15, -0.1) is 0 Å². The molecule has 3 nitrogen and oxygen atoms in total. The predicted octanol–water partition coefficient (Wildman–Crippen LogP) is 2.06. The molecule has 0 radical (unpaired) electrons. The Morgan fingerprint density at radius 2 is 2.40 bits per heavy atom. The Labute approximate surface area is 89.5 Å². The van der Waals surface area contributed by atoms with Crippen LogP contribution in [0.2, 0.25) is 0 Å². The lowest BCUT2D eigenvalue weighted by Gasteiger charge is -2.07. The third-order valence-corrected chi connectivity index (χ3v) is 2.58. The molecule has 0 amide bonds. The van der Waals surface area contributed by atoms with E-state index in [0.29, 0.717) is 12.8 Å². The van der Waals surface area contributed by atoms with E-state index in [4.69, 9.17) is 4.74 Å². The fourth-order valence-electron chi connectivity index (χ4n) is 1.81. The molecule has 15 heavy (non-hydrogen) atoms. The minimum atomic E-state index is -0.297. The van der Waals surface area contributed by atoms with Crippen molar-refractivity contribution in [2.24, 2.45) is 0 Å². The summed E-state index contributed by atoms with van der Waals surface area (Å²) >= 11 is 0. The molecule has 1 aliphatic rings. The van der Waals surface area contributed by atoms with Gasteiger partial charge in [0.05, 0.1) is 5.69 Å². The van der Waals surface area contributed by atoms with Crippen molar-refractivity contribution in [3.63, 3.8) is 0 Å². The van der Waals surface area contributed by atoms with Gasteiger partial charge in [-0.3, -0.25) is 9.78 Å². The molecule has 3 heteroatoms. The molecule has 1 aromatic rings. The third kappa shape index (κ3) is 2.01.